The number of carbonyl (C=O) groups is 2. The minimum absolute atomic E-state index is 0.0292. The van der Waals surface area contributed by atoms with Gasteiger partial charge in [0.05, 0.1) is 14.2 Å². The first-order valence-electron chi connectivity index (χ1n) is 11.5. The average Bonchev–Trinajstić information content (AvgIpc) is 2.85. The second kappa shape index (κ2) is 12.1. The van der Waals surface area contributed by atoms with Crippen molar-refractivity contribution in [2.75, 3.05) is 20.1 Å². The molecule has 1 saturated carbocycles. The third-order valence-corrected chi connectivity index (χ3v) is 6.58. The molecule has 1 aliphatic rings. The molecule has 2 aromatic rings. The Labute approximate surface area is 205 Å². The predicted molar refractivity (Wildman–Crippen MR) is 130 cm³/mol. The van der Waals surface area contributed by atoms with Gasteiger partial charge in [-0.25, -0.2) is 4.39 Å². The monoisotopic (exact) mass is 490 g/mol. The van der Waals surface area contributed by atoms with Crippen LogP contribution in [0.1, 0.15) is 49.8 Å². The summed E-state index contributed by atoms with van der Waals surface area (Å²) in [5.41, 5.74) is 1.16. The quantitative estimate of drug-likeness (QED) is 0.510. The zero-order valence-corrected chi connectivity index (χ0v) is 20.6. The van der Waals surface area contributed by atoms with Crippen LogP contribution in [-0.2, 0) is 16.1 Å². The van der Waals surface area contributed by atoms with Gasteiger partial charge in [0.15, 0.2) is 0 Å². The van der Waals surface area contributed by atoms with E-state index in [1.165, 1.54) is 31.3 Å². The lowest BCUT2D eigenvalue weighted by atomic mass is 9.87. The second-order valence-electron chi connectivity index (χ2n) is 8.76. The van der Waals surface area contributed by atoms with E-state index in [9.17, 15) is 14.0 Å². The zero-order valence-electron chi connectivity index (χ0n) is 19.9. The van der Waals surface area contributed by atoms with Crippen LogP contribution in [0.4, 0.5) is 4.39 Å². The van der Waals surface area contributed by atoms with Crippen molar-refractivity contribution in [3.05, 3.63) is 59.4 Å². The van der Waals surface area contributed by atoms with Crippen LogP contribution in [0.25, 0.3) is 0 Å². The smallest absolute Gasteiger partial charge is 0.247 e. The molecule has 0 heterocycles. The molecule has 0 saturated heterocycles. The number of halogens is 2. The van der Waals surface area contributed by atoms with E-state index in [2.05, 4.69) is 12.2 Å². The van der Waals surface area contributed by atoms with Crippen molar-refractivity contribution < 1.29 is 23.5 Å². The third kappa shape index (κ3) is 6.41. The molecule has 6 nitrogen and oxygen atoms in total. The number of nitrogens with one attached hydrogen (secondary N) is 1. The van der Waals surface area contributed by atoms with E-state index in [0.717, 1.165) is 25.7 Å². The molecule has 1 fully saturated rings. The Morgan fingerprint density at radius 1 is 1.09 bits per heavy atom. The Kier molecular flexibility index (Phi) is 9.16. The first kappa shape index (κ1) is 25.8. The lowest BCUT2D eigenvalue weighted by Gasteiger charge is -2.34. The van der Waals surface area contributed by atoms with Crippen LogP contribution in [0.5, 0.6) is 11.5 Å². The fraction of sp³-hybridized carbons (Fsp3) is 0.462. The Morgan fingerprint density at radius 2 is 1.76 bits per heavy atom. The van der Waals surface area contributed by atoms with E-state index in [0.29, 0.717) is 28.5 Å². The van der Waals surface area contributed by atoms with Gasteiger partial charge < -0.3 is 19.7 Å². The van der Waals surface area contributed by atoms with Gasteiger partial charge >= 0.3 is 0 Å². The summed E-state index contributed by atoms with van der Waals surface area (Å²) < 4.78 is 24.4. The molecule has 1 aliphatic carbocycles. The second-order valence-corrected chi connectivity index (χ2v) is 9.02. The molecule has 2 amide bonds. The lowest BCUT2D eigenvalue weighted by Crippen LogP contribution is -2.47. The summed E-state index contributed by atoms with van der Waals surface area (Å²) in [4.78, 5) is 28.2. The van der Waals surface area contributed by atoms with E-state index in [1.54, 1.807) is 30.3 Å². The number of carbonyl (C=O) groups excluding carboxylic acids is 2. The van der Waals surface area contributed by atoms with Crippen molar-refractivity contribution in [2.45, 2.75) is 51.2 Å². The molecule has 0 aliphatic heterocycles. The zero-order chi connectivity index (χ0) is 24.7. The van der Waals surface area contributed by atoms with Crippen LogP contribution in [-0.4, -0.2) is 42.9 Å². The van der Waals surface area contributed by atoms with Crippen molar-refractivity contribution in [3.8, 4) is 11.5 Å². The number of rotatable bonds is 9. The van der Waals surface area contributed by atoms with Crippen LogP contribution >= 0.6 is 11.6 Å². The molecule has 34 heavy (non-hydrogen) atoms. The molecule has 3 rings (SSSR count). The van der Waals surface area contributed by atoms with Crippen molar-refractivity contribution in [2.24, 2.45) is 5.92 Å². The first-order chi connectivity index (χ1) is 16.4. The summed E-state index contributed by atoms with van der Waals surface area (Å²) in [6.45, 7) is 2.29. The highest BCUT2D eigenvalue weighted by Gasteiger charge is 2.35. The summed E-state index contributed by atoms with van der Waals surface area (Å²) in [7, 11) is 3.04. The molecule has 1 N–H and O–H groups in total. The maximum absolute atomic E-state index is 13.8. The van der Waals surface area contributed by atoms with Gasteiger partial charge in [0, 0.05) is 18.2 Å². The largest absolute Gasteiger partial charge is 0.497 e. The normalized spacial score (nSPS) is 18.6. The highest BCUT2D eigenvalue weighted by Crippen LogP contribution is 2.35. The van der Waals surface area contributed by atoms with Gasteiger partial charge in [-0.05, 0) is 67.5 Å². The summed E-state index contributed by atoms with van der Waals surface area (Å²) in [5.74, 6) is 0.187. The molecule has 2 aromatic carbocycles. The minimum Gasteiger partial charge on any atom is -0.497 e. The van der Waals surface area contributed by atoms with Crippen molar-refractivity contribution in [1.29, 1.82) is 0 Å². The molecule has 0 radical (unpaired) electrons. The average molecular weight is 491 g/mol. The predicted octanol–water partition coefficient (Wildman–Crippen LogP) is 4.85. The van der Waals surface area contributed by atoms with Crippen molar-refractivity contribution in [3.63, 3.8) is 0 Å². The lowest BCUT2D eigenvalue weighted by molar-refractivity contribution is -0.140. The van der Waals surface area contributed by atoms with Gasteiger partial charge in [-0.3, -0.25) is 9.59 Å². The molecule has 0 aromatic heterocycles. The molecule has 0 bridgehead atoms. The Bertz CT molecular complexity index is 977. The fourth-order valence-corrected chi connectivity index (χ4v) is 4.53. The molecule has 1 atom stereocenters. The third-order valence-electron chi connectivity index (χ3n) is 6.35. The topological polar surface area (TPSA) is 67.9 Å². The molecule has 184 valence electrons. The van der Waals surface area contributed by atoms with E-state index in [1.807, 2.05) is 0 Å². The summed E-state index contributed by atoms with van der Waals surface area (Å²) in [6, 6.07) is 9.97. The molecular weight excluding hydrogens is 459 g/mol. The minimum atomic E-state index is -1.01. The molecule has 0 spiro atoms. The SMILES string of the molecule is COc1ccc(OC)c(C(C(=O)NC2CCC(C)CC2)N(Cc2ccc(F)cc2)C(=O)CCl)c1. The van der Waals surface area contributed by atoms with Crippen LogP contribution in [0.15, 0.2) is 42.5 Å². The van der Waals surface area contributed by atoms with Crippen molar-refractivity contribution >= 4 is 23.4 Å². The number of hydrogen-bond acceptors (Lipinski definition) is 4. The van der Waals surface area contributed by atoms with Gasteiger partial charge in [0.2, 0.25) is 11.8 Å². The summed E-state index contributed by atoms with van der Waals surface area (Å²) in [6.07, 6.45) is 3.85. The van der Waals surface area contributed by atoms with Gasteiger partial charge in [-0.2, -0.15) is 0 Å². The Hall–Kier alpha value is -2.80. The fourth-order valence-electron chi connectivity index (χ4n) is 4.38. The van der Waals surface area contributed by atoms with E-state index in [4.69, 9.17) is 21.1 Å². The Morgan fingerprint density at radius 3 is 2.35 bits per heavy atom. The van der Waals surface area contributed by atoms with E-state index >= 15 is 0 Å². The Balaban J connectivity index is 2.03. The number of nitrogens with zero attached hydrogens (tertiary/aromatic N) is 1. The number of ether oxygens (including phenoxy) is 2. The van der Waals surface area contributed by atoms with Crippen LogP contribution in [0.3, 0.4) is 0 Å². The maximum atomic E-state index is 13.8. The van der Waals surface area contributed by atoms with Gasteiger partial charge in [0.25, 0.3) is 0 Å². The number of alkyl halides is 1. The van der Waals surface area contributed by atoms with E-state index in [-0.39, 0.29) is 30.2 Å². The summed E-state index contributed by atoms with van der Waals surface area (Å²) in [5, 5.41) is 3.15. The highest BCUT2D eigenvalue weighted by molar-refractivity contribution is 6.27. The van der Waals surface area contributed by atoms with Crippen molar-refractivity contribution in [1.82, 2.24) is 10.2 Å². The number of amides is 2. The molecular formula is C26H32ClFN2O4. The molecule has 8 heteroatoms. The highest BCUT2D eigenvalue weighted by atomic mass is 35.5. The van der Waals surface area contributed by atoms with Gasteiger partial charge in [-0.1, -0.05) is 19.1 Å². The van der Waals surface area contributed by atoms with Gasteiger partial charge in [-0.15, -0.1) is 11.6 Å². The van der Waals surface area contributed by atoms with E-state index < -0.39 is 11.9 Å². The van der Waals surface area contributed by atoms with Gasteiger partial charge in [0.1, 0.15) is 29.2 Å². The van der Waals surface area contributed by atoms with Crippen LogP contribution < -0.4 is 14.8 Å². The number of methoxy groups -OCH3 is 2. The number of hydrogen-bond donors (Lipinski definition) is 1. The number of benzene rings is 2. The first-order valence-corrected chi connectivity index (χ1v) is 12.0. The molecule has 1 unspecified atom stereocenters. The van der Waals surface area contributed by atoms with Crippen LogP contribution in [0.2, 0.25) is 0 Å². The standard InChI is InChI=1S/C26H32ClFN2O4/c1-17-4-10-20(11-5-17)29-26(32)25(22-14-21(33-2)12-13-23(22)34-3)30(24(31)15-27)16-18-6-8-19(28)9-7-18/h6-9,12-14,17,20,25H,4-5,10-11,15-16H2,1-3H3,(H,29,32). The maximum Gasteiger partial charge on any atom is 0.247 e. The summed E-state index contributed by atoms with van der Waals surface area (Å²) >= 11 is 5.98. The van der Waals surface area contributed by atoms with Crippen LogP contribution in [0, 0.1) is 11.7 Å².